The van der Waals surface area contributed by atoms with E-state index in [2.05, 4.69) is 5.32 Å². The molecule has 2 N–H and O–H groups in total. The lowest BCUT2D eigenvalue weighted by Gasteiger charge is -2.21. The Morgan fingerprint density at radius 3 is 2.19 bits per heavy atom. The third-order valence-electron chi connectivity index (χ3n) is 3.62. The molecule has 1 saturated heterocycles. The summed E-state index contributed by atoms with van der Waals surface area (Å²) >= 11 is 11.7. The van der Waals surface area contributed by atoms with Gasteiger partial charge >= 0.3 is 5.97 Å². The van der Waals surface area contributed by atoms with Crippen LogP contribution in [0.1, 0.15) is 0 Å². The second-order valence-corrected chi connectivity index (χ2v) is 5.86. The Bertz CT molecular complexity index is 626. The summed E-state index contributed by atoms with van der Waals surface area (Å²) in [6.07, 6.45) is 2.35. The molecule has 0 radical (unpaired) electrons. The monoisotopic (exact) mass is 327 g/mol. The van der Waals surface area contributed by atoms with Gasteiger partial charge in [0, 0.05) is 15.7 Å². The molecule has 0 spiro atoms. The number of carboxylic acids is 1. The van der Waals surface area contributed by atoms with Crippen LogP contribution < -0.4 is 5.32 Å². The number of anilines is 1. The van der Waals surface area contributed by atoms with E-state index < -0.39 is 35.9 Å². The number of benzene rings is 1. The minimum absolute atomic E-state index is 0.386. The van der Waals surface area contributed by atoms with Crippen LogP contribution >= 0.6 is 23.2 Å². The Labute approximate surface area is 130 Å². The maximum absolute atomic E-state index is 12.4. The summed E-state index contributed by atoms with van der Waals surface area (Å²) < 4.78 is 5.46. The molecule has 2 heterocycles. The number of rotatable bonds is 3. The number of amides is 1. The van der Waals surface area contributed by atoms with Crippen LogP contribution in [0.4, 0.5) is 5.69 Å². The van der Waals surface area contributed by atoms with Crippen LogP contribution in [0, 0.1) is 11.8 Å². The summed E-state index contributed by atoms with van der Waals surface area (Å²) in [6, 6.07) is 4.64. The summed E-state index contributed by atoms with van der Waals surface area (Å²) in [7, 11) is 0. The molecule has 7 heteroatoms. The van der Waals surface area contributed by atoms with Gasteiger partial charge in [0.1, 0.15) is 5.92 Å². The van der Waals surface area contributed by atoms with Gasteiger partial charge in [-0.05, 0) is 18.2 Å². The highest BCUT2D eigenvalue weighted by Gasteiger charge is 2.53. The number of aliphatic carboxylic acids is 1. The van der Waals surface area contributed by atoms with Crippen LogP contribution in [-0.4, -0.2) is 29.2 Å². The minimum atomic E-state index is -1.05. The third kappa shape index (κ3) is 2.64. The van der Waals surface area contributed by atoms with Crippen molar-refractivity contribution < 1.29 is 19.4 Å². The van der Waals surface area contributed by atoms with Crippen molar-refractivity contribution in [2.45, 2.75) is 12.2 Å². The number of carbonyl (C=O) groups is 2. The SMILES string of the molecule is O=C(Nc1cc(Cl)cc(Cl)c1)[C@@H]1[C@@H](C(=O)O)[C@H]2C=C[C@@H]1O2. The molecule has 0 aromatic heterocycles. The fraction of sp³-hybridized carbons (Fsp3) is 0.286. The Morgan fingerprint density at radius 2 is 1.62 bits per heavy atom. The highest BCUT2D eigenvalue weighted by molar-refractivity contribution is 6.35. The highest BCUT2D eigenvalue weighted by Crippen LogP contribution is 2.40. The van der Waals surface area contributed by atoms with E-state index in [1.54, 1.807) is 30.4 Å². The van der Waals surface area contributed by atoms with Crippen molar-refractivity contribution in [2.75, 3.05) is 5.32 Å². The largest absolute Gasteiger partial charge is 0.481 e. The van der Waals surface area contributed by atoms with Gasteiger partial charge < -0.3 is 15.2 Å². The van der Waals surface area contributed by atoms with Crippen molar-refractivity contribution in [3.05, 3.63) is 40.4 Å². The van der Waals surface area contributed by atoms with E-state index in [0.29, 0.717) is 15.7 Å². The number of carbonyl (C=O) groups excluding carboxylic acids is 1. The summed E-state index contributed by atoms with van der Waals surface area (Å²) in [5.74, 6) is -3.11. The van der Waals surface area contributed by atoms with E-state index in [1.807, 2.05) is 0 Å². The van der Waals surface area contributed by atoms with Crippen LogP contribution in [0.25, 0.3) is 0 Å². The van der Waals surface area contributed by atoms with E-state index >= 15 is 0 Å². The number of carboxylic acid groups (broad SMARTS) is 1. The summed E-state index contributed by atoms with van der Waals surface area (Å²) in [6.45, 7) is 0. The molecule has 1 fully saturated rings. The van der Waals surface area contributed by atoms with E-state index in [-0.39, 0.29) is 0 Å². The molecular weight excluding hydrogens is 317 g/mol. The van der Waals surface area contributed by atoms with Gasteiger partial charge in [0.15, 0.2) is 0 Å². The lowest BCUT2D eigenvalue weighted by atomic mass is 9.82. The summed E-state index contributed by atoms with van der Waals surface area (Å²) in [5.41, 5.74) is 0.424. The van der Waals surface area contributed by atoms with Crippen molar-refractivity contribution in [3.63, 3.8) is 0 Å². The van der Waals surface area contributed by atoms with Crippen LogP contribution in [0.15, 0.2) is 30.4 Å². The molecule has 110 valence electrons. The first-order chi connectivity index (χ1) is 9.95. The smallest absolute Gasteiger partial charge is 0.310 e. The quantitative estimate of drug-likeness (QED) is 0.836. The Hall–Kier alpha value is -1.56. The van der Waals surface area contributed by atoms with E-state index in [1.165, 1.54) is 0 Å². The number of ether oxygens (including phenoxy) is 1. The highest BCUT2D eigenvalue weighted by atomic mass is 35.5. The molecule has 2 bridgehead atoms. The first-order valence-corrected chi connectivity index (χ1v) is 7.05. The fourth-order valence-electron chi connectivity index (χ4n) is 2.77. The summed E-state index contributed by atoms with van der Waals surface area (Å²) in [4.78, 5) is 23.7. The number of hydrogen-bond donors (Lipinski definition) is 2. The molecule has 3 rings (SSSR count). The molecule has 0 aliphatic carbocycles. The van der Waals surface area contributed by atoms with Gasteiger partial charge in [0.25, 0.3) is 0 Å². The van der Waals surface area contributed by atoms with Crippen molar-refractivity contribution in [3.8, 4) is 0 Å². The predicted octanol–water partition coefficient (Wildman–Crippen LogP) is 2.59. The normalized spacial score (nSPS) is 29.6. The average molecular weight is 328 g/mol. The predicted molar refractivity (Wildman–Crippen MR) is 77.5 cm³/mol. The van der Waals surface area contributed by atoms with Gasteiger partial charge in [-0.25, -0.2) is 0 Å². The van der Waals surface area contributed by atoms with Crippen molar-refractivity contribution in [1.29, 1.82) is 0 Å². The maximum Gasteiger partial charge on any atom is 0.310 e. The first kappa shape index (κ1) is 14.4. The number of halogens is 2. The molecular formula is C14H11Cl2NO4. The number of hydrogen-bond acceptors (Lipinski definition) is 3. The third-order valence-corrected chi connectivity index (χ3v) is 4.05. The standard InChI is InChI=1S/C14H11Cl2NO4/c15-6-3-7(16)5-8(4-6)17-13(18)11-9-1-2-10(21-9)12(11)14(19)20/h1-5,9-12H,(H,17,18)(H,19,20)/t9-,10+,11-,12-/m0/s1. The molecule has 5 nitrogen and oxygen atoms in total. The number of nitrogens with one attached hydrogen (secondary N) is 1. The molecule has 2 aliphatic rings. The molecule has 2 aliphatic heterocycles. The van der Waals surface area contributed by atoms with Crippen molar-refractivity contribution >= 4 is 40.8 Å². The van der Waals surface area contributed by atoms with E-state index in [0.717, 1.165) is 0 Å². The van der Waals surface area contributed by atoms with Crippen LogP contribution in [-0.2, 0) is 14.3 Å². The lowest BCUT2D eigenvalue weighted by Crippen LogP contribution is -2.39. The zero-order chi connectivity index (χ0) is 15.1. The zero-order valence-electron chi connectivity index (χ0n) is 10.6. The van der Waals surface area contributed by atoms with Crippen LogP contribution in [0.5, 0.6) is 0 Å². The maximum atomic E-state index is 12.4. The van der Waals surface area contributed by atoms with Crippen molar-refractivity contribution in [1.82, 2.24) is 0 Å². The van der Waals surface area contributed by atoms with Crippen LogP contribution in [0.2, 0.25) is 10.0 Å². The molecule has 1 aromatic carbocycles. The van der Waals surface area contributed by atoms with E-state index in [4.69, 9.17) is 27.9 Å². The Kier molecular flexibility index (Phi) is 3.65. The molecule has 21 heavy (non-hydrogen) atoms. The van der Waals surface area contributed by atoms with Gasteiger partial charge in [-0.1, -0.05) is 35.4 Å². The second kappa shape index (κ2) is 5.33. The Morgan fingerprint density at radius 1 is 1.05 bits per heavy atom. The molecule has 1 aromatic rings. The van der Waals surface area contributed by atoms with Crippen LogP contribution in [0.3, 0.4) is 0 Å². The molecule has 4 atom stereocenters. The van der Waals surface area contributed by atoms with Gasteiger partial charge in [0.05, 0.1) is 18.1 Å². The average Bonchev–Trinajstić information content (AvgIpc) is 2.96. The minimum Gasteiger partial charge on any atom is -0.481 e. The molecule has 0 saturated carbocycles. The van der Waals surface area contributed by atoms with Gasteiger partial charge in [0.2, 0.25) is 5.91 Å². The van der Waals surface area contributed by atoms with E-state index in [9.17, 15) is 14.7 Å². The topological polar surface area (TPSA) is 75.6 Å². The summed E-state index contributed by atoms with van der Waals surface area (Å²) in [5, 5.41) is 12.7. The van der Waals surface area contributed by atoms with Gasteiger partial charge in [-0.2, -0.15) is 0 Å². The number of fused-ring (bicyclic) bond motifs is 2. The lowest BCUT2D eigenvalue weighted by molar-refractivity contribution is -0.145. The fourth-order valence-corrected chi connectivity index (χ4v) is 3.29. The molecule has 0 unspecified atom stereocenters. The molecule has 1 amide bonds. The van der Waals surface area contributed by atoms with Crippen molar-refractivity contribution in [2.24, 2.45) is 11.8 Å². The second-order valence-electron chi connectivity index (χ2n) is 4.99. The first-order valence-electron chi connectivity index (χ1n) is 6.29. The van der Waals surface area contributed by atoms with Gasteiger partial charge in [-0.15, -0.1) is 0 Å². The van der Waals surface area contributed by atoms with Gasteiger partial charge in [-0.3, -0.25) is 9.59 Å². The zero-order valence-corrected chi connectivity index (χ0v) is 12.1. The Balaban J connectivity index is 1.82.